The van der Waals surface area contributed by atoms with E-state index in [-0.39, 0.29) is 11.4 Å². The summed E-state index contributed by atoms with van der Waals surface area (Å²) in [6.45, 7) is 9.04. The highest BCUT2D eigenvalue weighted by atomic mass is 32.2. The van der Waals surface area contributed by atoms with Crippen molar-refractivity contribution in [2.75, 3.05) is 13.1 Å². The number of nitrogens with two attached hydrogens (primary N) is 1. The molecule has 0 bridgehead atoms. The third-order valence-electron chi connectivity index (χ3n) is 4.42. The topological polar surface area (TPSA) is 76.5 Å². The summed E-state index contributed by atoms with van der Waals surface area (Å²) in [6, 6.07) is 0. The molecule has 1 aliphatic heterocycles. The van der Waals surface area contributed by atoms with E-state index in [2.05, 4.69) is 13.8 Å². The summed E-state index contributed by atoms with van der Waals surface area (Å²) in [5, 5.41) is 0. The molecule has 1 aromatic heterocycles. The first kappa shape index (κ1) is 15.5. The Hall–Kier alpha value is -0.850. The summed E-state index contributed by atoms with van der Waals surface area (Å²) in [5.41, 5.74) is 6.30. The summed E-state index contributed by atoms with van der Waals surface area (Å²) in [6.07, 6.45) is 0.897. The molecule has 2 heterocycles. The van der Waals surface area contributed by atoms with E-state index in [1.807, 2.05) is 0 Å². The van der Waals surface area contributed by atoms with Gasteiger partial charge in [-0.15, -0.1) is 0 Å². The fraction of sp³-hybridized carbons (Fsp3) is 0.714. The molecule has 0 spiro atoms. The van der Waals surface area contributed by atoms with E-state index in [4.69, 9.17) is 10.2 Å². The van der Waals surface area contributed by atoms with Crippen molar-refractivity contribution in [1.82, 2.24) is 4.31 Å². The smallest absolute Gasteiger partial charge is 0.246 e. The molecule has 2 unspecified atom stereocenters. The molecule has 1 aliphatic rings. The maximum Gasteiger partial charge on any atom is 0.246 e. The molecule has 6 heteroatoms. The minimum atomic E-state index is -3.51. The molecule has 5 nitrogen and oxygen atoms in total. The first-order valence-electron chi connectivity index (χ1n) is 7.08. The number of furan rings is 1. The van der Waals surface area contributed by atoms with Crippen molar-refractivity contribution in [3.8, 4) is 0 Å². The first-order chi connectivity index (χ1) is 9.28. The van der Waals surface area contributed by atoms with Crippen LogP contribution in [0.3, 0.4) is 0 Å². The lowest BCUT2D eigenvalue weighted by Gasteiger charge is -2.34. The van der Waals surface area contributed by atoms with E-state index in [0.717, 1.165) is 6.42 Å². The Kier molecular flexibility index (Phi) is 4.27. The molecule has 0 aromatic carbocycles. The predicted octanol–water partition coefficient (Wildman–Crippen LogP) is 2.02. The fourth-order valence-electron chi connectivity index (χ4n) is 2.86. The zero-order valence-corrected chi connectivity index (χ0v) is 13.5. The molecule has 2 N–H and O–H groups in total. The number of hydrogen-bond donors (Lipinski definition) is 1. The maximum absolute atomic E-state index is 12.9. The van der Waals surface area contributed by atoms with Crippen LogP contribution in [0.25, 0.3) is 0 Å². The monoisotopic (exact) mass is 300 g/mol. The quantitative estimate of drug-likeness (QED) is 0.926. The van der Waals surface area contributed by atoms with Crippen LogP contribution >= 0.6 is 0 Å². The van der Waals surface area contributed by atoms with Crippen molar-refractivity contribution in [1.29, 1.82) is 0 Å². The van der Waals surface area contributed by atoms with Gasteiger partial charge in [-0.05, 0) is 32.1 Å². The van der Waals surface area contributed by atoms with E-state index < -0.39 is 10.0 Å². The zero-order chi connectivity index (χ0) is 15.1. The van der Waals surface area contributed by atoms with Gasteiger partial charge in [0.1, 0.15) is 16.4 Å². The highest BCUT2D eigenvalue weighted by Gasteiger charge is 2.35. The van der Waals surface area contributed by atoms with Crippen LogP contribution in [-0.2, 0) is 16.6 Å². The van der Waals surface area contributed by atoms with Crippen LogP contribution < -0.4 is 5.73 Å². The fourth-order valence-corrected chi connectivity index (χ4v) is 4.83. The molecule has 1 fully saturated rings. The third-order valence-corrected chi connectivity index (χ3v) is 6.49. The van der Waals surface area contributed by atoms with Crippen molar-refractivity contribution in [3.05, 3.63) is 17.1 Å². The molecule has 1 saturated heterocycles. The van der Waals surface area contributed by atoms with Crippen LogP contribution in [0, 0.1) is 25.7 Å². The Morgan fingerprint density at radius 3 is 2.45 bits per heavy atom. The largest absolute Gasteiger partial charge is 0.465 e. The maximum atomic E-state index is 12.9. The number of sulfonamides is 1. The summed E-state index contributed by atoms with van der Waals surface area (Å²) < 4.78 is 32.8. The van der Waals surface area contributed by atoms with Gasteiger partial charge < -0.3 is 10.2 Å². The highest BCUT2D eigenvalue weighted by molar-refractivity contribution is 7.89. The Bertz CT molecular complexity index is 592. The van der Waals surface area contributed by atoms with Crippen LogP contribution in [0.4, 0.5) is 0 Å². The van der Waals surface area contributed by atoms with Gasteiger partial charge in [-0.1, -0.05) is 13.8 Å². The Morgan fingerprint density at radius 2 is 1.90 bits per heavy atom. The molecule has 2 atom stereocenters. The third kappa shape index (κ3) is 2.52. The van der Waals surface area contributed by atoms with Crippen LogP contribution in [0.2, 0.25) is 0 Å². The minimum absolute atomic E-state index is 0.178. The number of piperidine rings is 1. The summed E-state index contributed by atoms with van der Waals surface area (Å²) in [4.78, 5) is 0.277. The molecule has 2 rings (SSSR count). The summed E-state index contributed by atoms with van der Waals surface area (Å²) in [7, 11) is -3.51. The van der Waals surface area contributed by atoms with Gasteiger partial charge in [0.15, 0.2) is 0 Å². The lowest BCUT2D eigenvalue weighted by atomic mass is 9.90. The van der Waals surface area contributed by atoms with E-state index in [0.29, 0.717) is 42.0 Å². The van der Waals surface area contributed by atoms with Gasteiger partial charge in [-0.25, -0.2) is 8.42 Å². The second-order valence-corrected chi connectivity index (χ2v) is 7.71. The highest BCUT2D eigenvalue weighted by Crippen LogP contribution is 2.32. The van der Waals surface area contributed by atoms with Gasteiger partial charge in [0.05, 0.1) is 0 Å². The lowest BCUT2D eigenvalue weighted by molar-refractivity contribution is 0.212. The van der Waals surface area contributed by atoms with Crippen molar-refractivity contribution in [2.45, 2.75) is 45.6 Å². The molecule has 0 saturated carbocycles. The summed E-state index contributed by atoms with van der Waals surface area (Å²) in [5.74, 6) is 1.96. The van der Waals surface area contributed by atoms with Gasteiger partial charge in [-0.2, -0.15) is 4.31 Å². The summed E-state index contributed by atoms with van der Waals surface area (Å²) >= 11 is 0. The van der Waals surface area contributed by atoms with Gasteiger partial charge in [0.25, 0.3) is 0 Å². The number of nitrogens with zero attached hydrogens (tertiary/aromatic N) is 1. The molecule has 0 aliphatic carbocycles. The lowest BCUT2D eigenvalue weighted by Crippen LogP contribution is -2.42. The SMILES string of the molecule is Cc1oc(C)c(S(=O)(=O)N2CCC(C)C(C)C2)c1CN. The normalized spacial score (nSPS) is 25.1. The van der Waals surface area contributed by atoms with E-state index >= 15 is 0 Å². The average molecular weight is 300 g/mol. The van der Waals surface area contributed by atoms with Crippen molar-refractivity contribution >= 4 is 10.0 Å². The molecular weight excluding hydrogens is 276 g/mol. The van der Waals surface area contributed by atoms with Crippen molar-refractivity contribution in [2.24, 2.45) is 17.6 Å². The van der Waals surface area contributed by atoms with Crippen molar-refractivity contribution in [3.63, 3.8) is 0 Å². The van der Waals surface area contributed by atoms with Crippen molar-refractivity contribution < 1.29 is 12.8 Å². The van der Waals surface area contributed by atoms with Gasteiger partial charge >= 0.3 is 0 Å². The number of aryl methyl sites for hydroxylation is 2. The van der Waals surface area contributed by atoms with E-state index in [1.165, 1.54) is 0 Å². The molecule has 20 heavy (non-hydrogen) atoms. The Balaban J connectivity index is 2.41. The second kappa shape index (κ2) is 5.50. The Labute approximate surface area is 121 Å². The number of hydrogen-bond acceptors (Lipinski definition) is 4. The zero-order valence-electron chi connectivity index (χ0n) is 12.6. The molecule has 0 radical (unpaired) electrons. The molecular formula is C14H24N2O3S. The molecule has 0 amide bonds. The van der Waals surface area contributed by atoms with Crippen LogP contribution in [-0.4, -0.2) is 25.8 Å². The second-order valence-electron chi connectivity index (χ2n) is 5.83. The average Bonchev–Trinajstić information content (AvgIpc) is 2.67. The first-order valence-corrected chi connectivity index (χ1v) is 8.52. The van der Waals surface area contributed by atoms with Crippen LogP contribution in [0.15, 0.2) is 9.31 Å². The Morgan fingerprint density at radius 1 is 1.25 bits per heavy atom. The van der Waals surface area contributed by atoms with Gasteiger partial charge in [0.2, 0.25) is 10.0 Å². The minimum Gasteiger partial charge on any atom is -0.465 e. The van der Waals surface area contributed by atoms with Gasteiger partial charge in [-0.3, -0.25) is 0 Å². The van der Waals surface area contributed by atoms with Crippen LogP contribution in [0.1, 0.15) is 37.4 Å². The number of rotatable bonds is 3. The van der Waals surface area contributed by atoms with Crippen LogP contribution in [0.5, 0.6) is 0 Å². The molecule has 114 valence electrons. The molecule has 1 aromatic rings. The standard InChI is InChI=1S/C14H24N2O3S/c1-9-5-6-16(8-10(9)2)20(17,18)14-12(4)19-11(3)13(14)7-15/h9-10H,5-8,15H2,1-4H3. The van der Waals surface area contributed by atoms with E-state index in [1.54, 1.807) is 18.2 Å². The van der Waals surface area contributed by atoms with Gasteiger partial charge in [0, 0.05) is 25.2 Å². The van der Waals surface area contributed by atoms with E-state index in [9.17, 15) is 8.42 Å². The predicted molar refractivity (Wildman–Crippen MR) is 77.8 cm³/mol.